The monoisotopic (exact) mass is 246 g/mol. The summed E-state index contributed by atoms with van der Waals surface area (Å²) in [4.78, 5) is 10.3. The van der Waals surface area contributed by atoms with Crippen LogP contribution in [0.15, 0.2) is 24.3 Å². The Morgan fingerprint density at radius 2 is 1.80 bits per heavy atom. The normalized spacial score (nSPS) is 9.30. The third-order valence-corrected chi connectivity index (χ3v) is 1.81. The van der Waals surface area contributed by atoms with Crippen LogP contribution < -0.4 is 0 Å². The summed E-state index contributed by atoms with van der Waals surface area (Å²) in [5, 5.41) is 8.47. The molecule has 1 rings (SSSR count). The van der Waals surface area contributed by atoms with E-state index < -0.39 is 5.97 Å². The highest BCUT2D eigenvalue weighted by Gasteiger charge is 1.98. The van der Waals surface area contributed by atoms with E-state index in [1.54, 1.807) is 24.3 Å². The molecule has 0 fully saturated rings. The predicted molar refractivity (Wildman–Crippen MR) is 46.1 cm³/mol. The van der Waals surface area contributed by atoms with E-state index in [4.69, 9.17) is 5.11 Å². The highest BCUT2D eigenvalue weighted by Crippen LogP contribution is 2.05. The molecular weight excluding hydrogens is 241 g/mol. The molecule has 0 unspecified atom stereocenters. The minimum atomic E-state index is -0.878. The fourth-order valence-corrected chi connectivity index (χ4v) is 0.952. The molecule has 0 aliphatic rings. The van der Waals surface area contributed by atoms with Crippen molar-refractivity contribution in [3.05, 3.63) is 33.4 Å². The molecule has 2 nitrogen and oxygen atoms in total. The number of carboxylic acid groups (broad SMARTS) is 1. The average molecular weight is 246 g/mol. The second-order valence-corrected chi connectivity index (χ2v) is 3.06. The van der Waals surface area contributed by atoms with E-state index in [1.165, 1.54) is 0 Å². The van der Waals surface area contributed by atoms with E-state index in [1.807, 2.05) is 0 Å². The van der Waals surface area contributed by atoms with Gasteiger partial charge in [0.2, 0.25) is 0 Å². The van der Waals surface area contributed by atoms with Gasteiger partial charge in [-0.3, -0.25) is 0 Å². The van der Waals surface area contributed by atoms with Crippen LogP contribution in [0.3, 0.4) is 0 Å². The van der Waals surface area contributed by atoms with Gasteiger partial charge in [0.15, 0.2) is 0 Å². The minimum Gasteiger partial charge on any atom is -0.478 e. The van der Waals surface area contributed by atoms with Crippen LogP contribution in [-0.4, -0.2) is 11.1 Å². The predicted octanol–water partition coefficient (Wildman–Crippen LogP) is 1.99. The molecule has 0 spiro atoms. The topological polar surface area (TPSA) is 37.3 Å². The van der Waals surface area contributed by atoms with Crippen LogP contribution in [0.2, 0.25) is 0 Å². The maximum atomic E-state index is 10.3. The second kappa shape index (κ2) is 3.01. The van der Waals surface area contributed by atoms with Gasteiger partial charge in [0.25, 0.3) is 0 Å². The lowest BCUT2D eigenvalue weighted by atomic mass is 10.2. The summed E-state index contributed by atoms with van der Waals surface area (Å²) in [6.07, 6.45) is 0. The first-order valence-corrected chi connectivity index (χ1v) is 3.77. The standard InChI is InChI=1S/C7H5IO2/c8-6-3-1-5(2-4-6)7(9)10/h1-4H,(H,9,10)/i8-2. The van der Waals surface area contributed by atoms with Crippen molar-refractivity contribution in [1.29, 1.82) is 0 Å². The Bertz CT molecular complexity index is 240. The summed E-state index contributed by atoms with van der Waals surface area (Å²) in [5.41, 5.74) is 0.334. The lowest BCUT2D eigenvalue weighted by Gasteiger charge is -1.91. The van der Waals surface area contributed by atoms with E-state index in [-0.39, 0.29) is 0 Å². The van der Waals surface area contributed by atoms with Crippen LogP contribution in [0, 0.1) is 3.57 Å². The molecule has 10 heavy (non-hydrogen) atoms. The van der Waals surface area contributed by atoms with Crippen molar-refractivity contribution in [2.75, 3.05) is 0 Å². The number of aromatic carboxylic acids is 1. The van der Waals surface area contributed by atoms with Crippen LogP contribution in [0.5, 0.6) is 0 Å². The molecule has 0 atom stereocenters. The van der Waals surface area contributed by atoms with Gasteiger partial charge in [-0.25, -0.2) is 4.79 Å². The quantitative estimate of drug-likeness (QED) is 0.769. The third-order valence-electron chi connectivity index (χ3n) is 1.09. The summed E-state index contributed by atoms with van der Waals surface area (Å²) in [6, 6.07) is 6.71. The molecule has 1 N–H and O–H groups in total. The molecule has 3 heteroatoms. The molecule has 0 heterocycles. The lowest BCUT2D eigenvalue weighted by molar-refractivity contribution is 0.0697. The molecule has 0 aromatic heterocycles. The number of hydrogen-bond donors (Lipinski definition) is 1. The van der Waals surface area contributed by atoms with Crippen molar-refractivity contribution >= 4 is 28.6 Å². The first kappa shape index (κ1) is 7.53. The van der Waals surface area contributed by atoms with Gasteiger partial charge in [-0.05, 0) is 46.9 Å². The van der Waals surface area contributed by atoms with Gasteiger partial charge in [0.05, 0.1) is 5.56 Å². The zero-order valence-corrected chi connectivity index (χ0v) is 7.20. The Balaban J connectivity index is 3.00. The van der Waals surface area contributed by atoms with Gasteiger partial charge in [0.1, 0.15) is 0 Å². The zero-order valence-electron chi connectivity index (χ0n) is 5.04. The maximum Gasteiger partial charge on any atom is 0.335 e. The van der Waals surface area contributed by atoms with Crippen molar-refractivity contribution in [3.63, 3.8) is 0 Å². The third kappa shape index (κ3) is 1.70. The van der Waals surface area contributed by atoms with Crippen LogP contribution in [0.25, 0.3) is 0 Å². The Kier molecular flexibility index (Phi) is 2.26. The van der Waals surface area contributed by atoms with Crippen molar-refractivity contribution in [1.82, 2.24) is 0 Å². The molecule has 0 amide bonds. The van der Waals surface area contributed by atoms with Gasteiger partial charge in [-0.15, -0.1) is 0 Å². The average Bonchev–Trinajstić information content (AvgIpc) is 1.88. The number of rotatable bonds is 1. The lowest BCUT2D eigenvalue weighted by Crippen LogP contribution is -1.94. The number of carboxylic acids is 1. The fraction of sp³-hybridized carbons (Fsp3) is 0. The zero-order chi connectivity index (χ0) is 7.56. The largest absolute Gasteiger partial charge is 0.478 e. The SMILES string of the molecule is O=C(O)c1ccc([125I])cc1. The van der Waals surface area contributed by atoms with Crippen LogP contribution in [0.1, 0.15) is 10.4 Å². The smallest absolute Gasteiger partial charge is 0.335 e. The molecule has 0 aliphatic heterocycles. The molecule has 0 saturated heterocycles. The Morgan fingerprint density at radius 3 is 2.20 bits per heavy atom. The Hall–Kier alpha value is -0.580. The van der Waals surface area contributed by atoms with Crippen molar-refractivity contribution in [2.24, 2.45) is 0 Å². The highest BCUT2D eigenvalue weighted by atomic mass is 125. The first-order valence-electron chi connectivity index (χ1n) is 2.69. The molecule has 1 aromatic carbocycles. The maximum absolute atomic E-state index is 10.3. The summed E-state index contributed by atoms with van der Waals surface area (Å²) in [5.74, 6) is -0.878. The second-order valence-electron chi connectivity index (χ2n) is 1.81. The molecule has 0 bridgehead atoms. The van der Waals surface area contributed by atoms with E-state index in [2.05, 4.69) is 22.6 Å². The summed E-state index contributed by atoms with van der Waals surface area (Å²) < 4.78 is 1.04. The molecule has 1 aromatic rings. The fourth-order valence-electron chi connectivity index (χ4n) is 0.592. The number of benzene rings is 1. The van der Waals surface area contributed by atoms with E-state index in [0.29, 0.717) is 5.56 Å². The van der Waals surface area contributed by atoms with Gasteiger partial charge >= 0.3 is 5.97 Å². The minimum absolute atomic E-state index is 0.334. The Labute approximate surface area is 72.0 Å². The van der Waals surface area contributed by atoms with Gasteiger partial charge in [-0.1, -0.05) is 0 Å². The van der Waals surface area contributed by atoms with Crippen molar-refractivity contribution < 1.29 is 9.90 Å². The van der Waals surface area contributed by atoms with Gasteiger partial charge < -0.3 is 5.11 Å². The summed E-state index contributed by atoms with van der Waals surface area (Å²) in [6.45, 7) is 0. The van der Waals surface area contributed by atoms with Crippen molar-refractivity contribution in [2.45, 2.75) is 0 Å². The van der Waals surface area contributed by atoms with Crippen LogP contribution >= 0.6 is 22.6 Å². The molecular formula is C7H5IO2. The molecule has 52 valence electrons. The van der Waals surface area contributed by atoms with E-state index in [9.17, 15) is 4.79 Å². The summed E-state index contributed by atoms with van der Waals surface area (Å²) in [7, 11) is 0. The van der Waals surface area contributed by atoms with Crippen LogP contribution in [0.4, 0.5) is 0 Å². The number of carbonyl (C=O) groups is 1. The highest BCUT2D eigenvalue weighted by molar-refractivity contribution is 14.1. The van der Waals surface area contributed by atoms with E-state index >= 15 is 0 Å². The van der Waals surface area contributed by atoms with Gasteiger partial charge in [0, 0.05) is 3.57 Å². The molecule has 0 saturated carbocycles. The number of hydrogen-bond acceptors (Lipinski definition) is 1. The molecule has 0 radical (unpaired) electrons. The van der Waals surface area contributed by atoms with Crippen LogP contribution in [-0.2, 0) is 0 Å². The van der Waals surface area contributed by atoms with Crippen molar-refractivity contribution in [3.8, 4) is 0 Å². The first-order chi connectivity index (χ1) is 4.70. The summed E-state index contributed by atoms with van der Waals surface area (Å²) >= 11 is 2.13. The molecule has 0 aliphatic carbocycles. The Morgan fingerprint density at radius 1 is 1.30 bits per heavy atom. The van der Waals surface area contributed by atoms with E-state index in [0.717, 1.165) is 3.57 Å². The number of halogens is 1. The van der Waals surface area contributed by atoms with Gasteiger partial charge in [-0.2, -0.15) is 0 Å².